The summed E-state index contributed by atoms with van der Waals surface area (Å²) in [6.07, 6.45) is 0. The summed E-state index contributed by atoms with van der Waals surface area (Å²) < 4.78 is 4.84. The van der Waals surface area contributed by atoms with E-state index in [0.717, 1.165) is 50.4 Å². The Morgan fingerprint density at radius 2 is 0.841 bits per heavy atom. The van der Waals surface area contributed by atoms with E-state index in [-0.39, 0.29) is 0 Å². The van der Waals surface area contributed by atoms with Gasteiger partial charge in [0.05, 0.1) is 39.1 Å². The third-order valence-electron chi connectivity index (χ3n) is 13.2. The highest BCUT2D eigenvalue weighted by Gasteiger charge is 2.51. The first-order chi connectivity index (χ1) is 31.3. The van der Waals surface area contributed by atoms with Crippen LogP contribution in [0.25, 0.3) is 88.9 Å². The SMILES string of the molecule is c1ccc(-c2nc(-c3ccccc3-n3c4ccccc4c4cc5c6ccccc6n(-c6ccccc6)c5cc43)nc3c2[Si](c2ccccc2)(c2ccccc2)c2ccccc2-3)cc1. The second-order valence-electron chi connectivity index (χ2n) is 16.5. The van der Waals surface area contributed by atoms with Gasteiger partial charge in [-0.3, -0.25) is 0 Å². The van der Waals surface area contributed by atoms with Crippen LogP contribution in [-0.2, 0) is 0 Å². The van der Waals surface area contributed by atoms with E-state index in [1.165, 1.54) is 53.4 Å². The molecule has 0 N–H and O–H groups in total. The zero-order valence-corrected chi connectivity index (χ0v) is 35.2. The zero-order chi connectivity index (χ0) is 41.5. The van der Waals surface area contributed by atoms with Crippen molar-refractivity contribution in [1.29, 1.82) is 0 Å². The number of hydrogen-bond donors (Lipinski definition) is 0. The van der Waals surface area contributed by atoms with Gasteiger partial charge in [-0.05, 0) is 64.1 Å². The molecule has 0 saturated heterocycles. The minimum absolute atomic E-state index is 0.703. The first kappa shape index (κ1) is 35.6. The number of nitrogens with zero attached hydrogens (tertiary/aromatic N) is 4. The molecule has 0 spiro atoms. The van der Waals surface area contributed by atoms with E-state index < -0.39 is 8.07 Å². The average Bonchev–Trinajstić information content (AvgIpc) is 3.98. The standard InChI is InChI=1S/C58H38N4Si/c1-5-21-39(22-6-1)55-57-56(46-32-16-20-36-54(46)63(57,41-25-9-3-10-26-41)42-27-11-4-12-28-42)60-58(59-55)45-31-15-19-35-51(45)62-50-34-18-14-30-44(50)48-37-47-43-29-13-17-33-49(43)61(52(47)38-53(48)62)40-23-7-2-8-24-40/h1-38H. The summed E-state index contributed by atoms with van der Waals surface area (Å²) in [6, 6.07) is 83.7. The Bertz CT molecular complexity index is 3690. The van der Waals surface area contributed by atoms with Crippen molar-refractivity contribution in [1.82, 2.24) is 19.1 Å². The fourth-order valence-electron chi connectivity index (χ4n) is 10.6. The molecule has 0 radical (unpaired) electrons. The van der Waals surface area contributed by atoms with Gasteiger partial charge in [-0.15, -0.1) is 0 Å². The van der Waals surface area contributed by atoms with E-state index in [1.807, 2.05) is 0 Å². The number of aromatic nitrogens is 4. The maximum atomic E-state index is 5.78. The van der Waals surface area contributed by atoms with Gasteiger partial charge in [-0.2, -0.15) is 0 Å². The Kier molecular flexibility index (Phi) is 7.89. The summed E-state index contributed by atoms with van der Waals surface area (Å²) in [5.74, 6) is 0.703. The van der Waals surface area contributed by atoms with Gasteiger partial charge >= 0.3 is 0 Å². The van der Waals surface area contributed by atoms with Crippen LogP contribution in [0, 0.1) is 0 Å². The lowest BCUT2D eigenvalue weighted by atomic mass is 10.1. The fraction of sp³-hybridized carbons (Fsp3) is 0. The van der Waals surface area contributed by atoms with Crippen LogP contribution in [-0.4, -0.2) is 27.2 Å². The molecule has 0 atom stereocenters. The Morgan fingerprint density at radius 1 is 0.349 bits per heavy atom. The molecular formula is C58H38N4Si. The highest BCUT2D eigenvalue weighted by Crippen LogP contribution is 2.42. The lowest BCUT2D eigenvalue weighted by Crippen LogP contribution is -2.73. The predicted molar refractivity (Wildman–Crippen MR) is 264 cm³/mol. The van der Waals surface area contributed by atoms with E-state index in [4.69, 9.17) is 9.97 Å². The zero-order valence-electron chi connectivity index (χ0n) is 34.2. The molecule has 0 bridgehead atoms. The molecule has 9 aromatic carbocycles. The van der Waals surface area contributed by atoms with Crippen molar-refractivity contribution in [3.05, 3.63) is 231 Å². The van der Waals surface area contributed by atoms with Crippen molar-refractivity contribution in [3.63, 3.8) is 0 Å². The van der Waals surface area contributed by atoms with Crippen LogP contribution in [0.3, 0.4) is 0 Å². The molecule has 4 nitrogen and oxygen atoms in total. The van der Waals surface area contributed by atoms with E-state index >= 15 is 0 Å². The fourth-order valence-corrected chi connectivity index (χ4v) is 15.9. The maximum Gasteiger partial charge on any atom is 0.185 e. The van der Waals surface area contributed by atoms with Gasteiger partial charge in [0.2, 0.25) is 0 Å². The summed E-state index contributed by atoms with van der Waals surface area (Å²) in [5, 5.41) is 10.1. The average molecular weight is 819 g/mol. The van der Waals surface area contributed by atoms with E-state index in [0.29, 0.717) is 5.82 Å². The van der Waals surface area contributed by atoms with Crippen LogP contribution in [0.15, 0.2) is 231 Å². The van der Waals surface area contributed by atoms with Crippen LogP contribution in [0.1, 0.15) is 0 Å². The highest BCUT2D eigenvalue weighted by atomic mass is 28.3. The Morgan fingerprint density at radius 3 is 1.51 bits per heavy atom. The molecule has 1 aliphatic heterocycles. The molecule has 0 aliphatic carbocycles. The summed E-state index contributed by atoms with van der Waals surface area (Å²) in [4.78, 5) is 11.6. The molecule has 0 saturated carbocycles. The van der Waals surface area contributed by atoms with Crippen LogP contribution in [0.4, 0.5) is 0 Å². The van der Waals surface area contributed by atoms with Crippen LogP contribution in [0.2, 0.25) is 0 Å². The van der Waals surface area contributed by atoms with Crippen molar-refractivity contribution in [2.24, 2.45) is 0 Å². The molecule has 4 heterocycles. The van der Waals surface area contributed by atoms with Gasteiger partial charge < -0.3 is 9.13 Å². The smallest absolute Gasteiger partial charge is 0.185 e. The first-order valence-electron chi connectivity index (χ1n) is 21.6. The van der Waals surface area contributed by atoms with Crippen molar-refractivity contribution in [2.75, 3.05) is 0 Å². The van der Waals surface area contributed by atoms with Crippen molar-refractivity contribution in [3.8, 4) is 45.3 Å². The molecule has 1 aliphatic rings. The summed E-state index contributed by atoms with van der Waals surface area (Å²) in [7, 11) is -2.92. The Hall–Kier alpha value is -8.12. The van der Waals surface area contributed by atoms with Crippen molar-refractivity contribution in [2.45, 2.75) is 0 Å². The van der Waals surface area contributed by atoms with E-state index in [9.17, 15) is 0 Å². The van der Waals surface area contributed by atoms with E-state index in [2.05, 4.69) is 240 Å². The molecule has 5 heteroatoms. The van der Waals surface area contributed by atoms with E-state index in [1.54, 1.807) is 0 Å². The van der Waals surface area contributed by atoms with Gasteiger partial charge in [-0.1, -0.05) is 182 Å². The molecular weight excluding hydrogens is 781 g/mol. The second kappa shape index (κ2) is 14.0. The number of benzene rings is 9. The molecule has 13 rings (SSSR count). The minimum Gasteiger partial charge on any atom is -0.309 e. The predicted octanol–water partition coefficient (Wildman–Crippen LogP) is 11.4. The van der Waals surface area contributed by atoms with Crippen LogP contribution in [0.5, 0.6) is 0 Å². The normalized spacial score (nSPS) is 12.9. The molecule has 0 amide bonds. The summed E-state index contributed by atoms with van der Waals surface area (Å²) in [5.41, 5.74) is 12.0. The highest BCUT2D eigenvalue weighted by molar-refractivity contribution is 7.22. The topological polar surface area (TPSA) is 35.6 Å². The van der Waals surface area contributed by atoms with Gasteiger partial charge in [-0.25, -0.2) is 9.97 Å². The van der Waals surface area contributed by atoms with Gasteiger partial charge in [0.15, 0.2) is 13.9 Å². The Balaban J connectivity index is 1.13. The number of hydrogen-bond acceptors (Lipinski definition) is 2. The van der Waals surface area contributed by atoms with Gasteiger partial charge in [0, 0.05) is 49.1 Å². The first-order valence-corrected chi connectivity index (χ1v) is 23.6. The van der Waals surface area contributed by atoms with Crippen molar-refractivity contribution < 1.29 is 0 Å². The lowest BCUT2D eigenvalue weighted by molar-refractivity contribution is 1.14. The molecule has 0 unspecified atom stereocenters. The third-order valence-corrected chi connectivity index (χ3v) is 18.1. The minimum atomic E-state index is -2.92. The van der Waals surface area contributed by atoms with Crippen LogP contribution >= 0.6 is 0 Å². The number of fused-ring (bicyclic) bond motifs is 9. The molecule has 63 heavy (non-hydrogen) atoms. The Labute approximate surface area is 365 Å². The quantitative estimate of drug-likeness (QED) is 0.157. The molecule has 0 fully saturated rings. The molecule has 294 valence electrons. The second-order valence-corrected chi connectivity index (χ2v) is 20.2. The molecule has 12 aromatic rings. The third kappa shape index (κ3) is 5.14. The lowest BCUT2D eigenvalue weighted by Gasteiger charge is -2.32. The van der Waals surface area contributed by atoms with Gasteiger partial charge in [0.25, 0.3) is 0 Å². The van der Waals surface area contributed by atoms with Crippen LogP contribution < -0.4 is 20.7 Å². The molecule has 3 aromatic heterocycles. The number of rotatable bonds is 6. The number of para-hydroxylation sites is 4. The largest absolute Gasteiger partial charge is 0.309 e. The van der Waals surface area contributed by atoms with Gasteiger partial charge in [0.1, 0.15) is 0 Å². The summed E-state index contributed by atoms with van der Waals surface area (Å²) >= 11 is 0. The summed E-state index contributed by atoms with van der Waals surface area (Å²) in [6.45, 7) is 0. The monoisotopic (exact) mass is 818 g/mol. The maximum absolute atomic E-state index is 5.78. The van der Waals surface area contributed by atoms with Crippen molar-refractivity contribution >= 4 is 72.4 Å².